The van der Waals surface area contributed by atoms with Crippen LogP contribution in [-0.4, -0.2) is 50.6 Å². The van der Waals surface area contributed by atoms with Gasteiger partial charge in [-0.15, -0.1) is 0 Å². The molecule has 0 aromatic heterocycles. The molecule has 0 unspecified atom stereocenters. The van der Waals surface area contributed by atoms with Crippen LogP contribution in [0.25, 0.3) is 0 Å². The third-order valence-corrected chi connectivity index (χ3v) is 3.95. The first-order valence-electron chi connectivity index (χ1n) is 7.71. The van der Waals surface area contributed by atoms with Gasteiger partial charge in [0.2, 0.25) is 11.8 Å². The van der Waals surface area contributed by atoms with Crippen molar-refractivity contribution in [3.8, 4) is 11.5 Å². The topological polar surface area (TPSA) is 67.9 Å². The highest BCUT2D eigenvalue weighted by Crippen LogP contribution is 2.35. The molecule has 6 heteroatoms. The van der Waals surface area contributed by atoms with E-state index in [1.807, 2.05) is 32.0 Å². The summed E-state index contributed by atoms with van der Waals surface area (Å²) in [6.45, 7) is 5.07. The monoisotopic (exact) mass is 320 g/mol. The molecule has 0 aliphatic carbocycles. The fourth-order valence-electron chi connectivity index (χ4n) is 2.29. The summed E-state index contributed by atoms with van der Waals surface area (Å²) < 4.78 is 11.1. The molecular weight excluding hydrogens is 296 g/mol. The number of hydrogen-bond donors (Lipinski definition) is 1. The number of carbonyl (C=O) groups excluding carboxylic acids is 2. The van der Waals surface area contributed by atoms with Crippen LogP contribution in [0.4, 0.5) is 0 Å². The fourth-order valence-corrected chi connectivity index (χ4v) is 2.29. The molecule has 0 saturated carbocycles. The Morgan fingerprint density at radius 2 is 1.83 bits per heavy atom. The molecule has 1 N–H and O–H groups in total. The van der Waals surface area contributed by atoms with Gasteiger partial charge in [-0.2, -0.15) is 0 Å². The summed E-state index contributed by atoms with van der Waals surface area (Å²) in [6.07, 6.45) is 0.288. The molecule has 1 aliphatic rings. The summed E-state index contributed by atoms with van der Waals surface area (Å²) in [4.78, 5) is 25.5. The highest BCUT2D eigenvalue weighted by atomic mass is 16.6. The van der Waals surface area contributed by atoms with Crippen molar-refractivity contribution in [2.45, 2.75) is 25.7 Å². The number of benzene rings is 1. The molecule has 1 aliphatic heterocycles. The van der Waals surface area contributed by atoms with Gasteiger partial charge in [0.15, 0.2) is 11.5 Å². The van der Waals surface area contributed by atoms with Crippen molar-refractivity contribution in [3.05, 3.63) is 23.8 Å². The zero-order chi connectivity index (χ0) is 17.0. The van der Waals surface area contributed by atoms with Gasteiger partial charge in [-0.05, 0) is 31.5 Å². The third-order valence-electron chi connectivity index (χ3n) is 3.95. The van der Waals surface area contributed by atoms with Gasteiger partial charge in [0.05, 0.1) is 5.41 Å². The SMILES string of the molecule is CN(C)C(=O)CCNC(=O)C(C)(C)c1ccc2c(c1)OCCO2. The van der Waals surface area contributed by atoms with E-state index in [9.17, 15) is 9.59 Å². The van der Waals surface area contributed by atoms with Crippen LogP contribution in [0.15, 0.2) is 18.2 Å². The number of amides is 2. The second kappa shape index (κ2) is 6.89. The van der Waals surface area contributed by atoms with Crippen LogP contribution in [0, 0.1) is 0 Å². The smallest absolute Gasteiger partial charge is 0.230 e. The van der Waals surface area contributed by atoms with E-state index in [0.717, 1.165) is 5.56 Å². The molecular formula is C17H24N2O4. The summed E-state index contributed by atoms with van der Waals surface area (Å²) in [7, 11) is 3.40. The minimum Gasteiger partial charge on any atom is -0.486 e. The molecule has 0 bridgehead atoms. The standard InChI is InChI=1S/C17H24N2O4/c1-17(2,16(21)18-8-7-15(20)19(3)4)12-5-6-13-14(11-12)23-10-9-22-13/h5-6,11H,7-10H2,1-4H3,(H,18,21). The summed E-state index contributed by atoms with van der Waals surface area (Å²) >= 11 is 0. The largest absolute Gasteiger partial charge is 0.486 e. The highest BCUT2D eigenvalue weighted by Gasteiger charge is 2.31. The Hall–Kier alpha value is -2.24. The number of fused-ring (bicyclic) bond motifs is 1. The number of ether oxygens (including phenoxy) is 2. The predicted molar refractivity (Wildman–Crippen MR) is 86.8 cm³/mol. The Morgan fingerprint density at radius 1 is 1.17 bits per heavy atom. The molecule has 0 saturated heterocycles. The number of rotatable bonds is 5. The van der Waals surface area contributed by atoms with Crippen molar-refractivity contribution in [1.82, 2.24) is 10.2 Å². The average Bonchev–Trinajstić information content (AvgIpc) is 2.53. The van der Waals surface area contributed by atoms with E-state index in [1.54, 1.807) is 14.1 Å². The van der Waals surface area contributed by atoms with Gasteiger partial charge in [-0.3, -0.25) is 9.59 Å². The lowest BCUT2D eigenvalue weighted by molar-refractivity contribution is -0.129. The molecule has 2 amide bonds. The first-order chi connectivity index (χ1) is 10.8. The Kier molecular flexibility index (Phi) is 5.13. The molecule has 1 heterocycles. The molecule has 0 spiro atoms. The van der Waals surface area contributed by atoms with Gasteiger partial charge < -0.3 is 19.7 Å². The molecule has 1 aromatic rings. The fraction of sp³-hybridized carbons (Fsp3) is 0.529. The number of nitrogens with one attached hydrogen (secondary N) is 1. The van der Waals surface area contributed by atoms with Crippen molar-refractivity contribution in [1.29, 1.82) is 0 Å². The minimum atomic E-state index is -0.725. The third kappa shape index (κ3) is 3.94. The van der Waals surface area contributed by atoms with Gasteiger partial charge in [0, 0.05) is 27.1 Å². The van der Waals surface area contributed by atoms with E-state index in [1.165, 1.54) is 4.90 Å². The lowest BCUT2D eigenvalue weighted by Gasteiger charge is -2.26. The first kappa shape index (κ1) is 17.1. The Morgan fingerprint density at radius 3 is 2.48 bits per heavy atom. The van der Waals surface area contributed by atoms with Crippen molar-refractivity contribution in [3.63, 3.8) is 0 Å². The van der Waals surface area contributed by atoms with Crippen molar-refractivity contribution in [2.24, 2.45) is 0 Å². The quantitative estimate of drug-likeness (QED) is 0.889. The molecule has 0 radical (unpaired) electrons. The summed E-state index contributed by atoms with van der Waals surface area (Å²) in [5.74, 6) is 1.23. The van der Waals surface area contributed by atoms with Gasteiger partial charge in [-0.1, -0.05) is 6.07 Å². The van der Waals surface area contributed by atoms with E-state index in [-0.39, 0.29) is 18.2 Å². The molecule has 126 valence electrons. The minimum absolute atomic E-state index is 0.0116. The molecule has 6 nitrogen and oxygen atoms in total. The normalized spacial score (nSPS) is 13.4. The van der Waals surface area contributed by atoms with Gasteiger partial charge >= 0.3 is 0 Å². The summed E-state index contributed by atoms with van der Waals surface area (Å²) in [5.41, 5.74) is 0.120. The van der Waals surface area contributed by atoms with Crippen LogP contribution in [0.2, 0.25) is 0 Å². The lowest BCUT2D eigenvalue weighted by Crippen LogP contribution is -2.41. The maximum atomic E-state index is 12.5. The first-order valence-corrected chi connectivity index (χ1v) is 7.71. The van der Waals surface area contributed by atoms with Gasteiger partial charge in [-0.25, -0.2) is 0 Å². The maximum absolute atomic E-state index is 12.5. The Labute approximate surface area is 136 Å². The maximum Gasteiger partial charge on any atom is 0.230 e. The zero-order valence-electron chi connectivity index (χ0n) is 14.1. The van der Waals surface area contributed by atoms with Crippen molar-refractivity contribution >= 4 is 11.8 Å². The Balaban J connectivity index is 2.02. The van der Waals surface area contributed by atoms with E-state index in [2.05, 4.69) is 5.32 Å². The van der Waals surface area contributed by atoms with E-state index in [0.29, 0.717) is 31.3 Å². The van der Waals surface area contributed by atoms with E-state index >= 15 is 0 Å². The molecule has 0 atom stereocenters. The molecule has 2 rings (SSSR count). The second-order valence-electron chi connectivity index (χ2n) is 6.28. The van der Waals surface area contributed by atoms with Gasteiger partial charge in [0.1, 0.15) is 13.2 Å². The second-order valence-corrected chi connectivity index (χ2v) is 6.28. The lowest BCUT2D eigenvalue weighted by atomic mass is 9.83. The van der Waals surface area contributed by atoms with Crippen LogP contribution in [0.3, 0.4) is 0 Å². The van der Waals surface area contributed by atoms with Crippen LogP contribution in [-0.2, 0) is 15.0 Å². The van der Waals surface area contributed by atoms with E-state index in [4.69, 9.17) is 9.47 Å². The van der Waals surface area contributed by atoms with Crippen LogP contribution >= 0.6 is 0 Å². The average molecular weight is 320 g/mol. The predicted octanol–water partition coefficient (Wildman–Crippen LogP) is 1.33. The van der Waals surface area contributed by atoms with E-state index < -0.39 is 5.41 Å². The number of nitrogens with zero attached hydrogens (tertiary/aromatic N) is 1. The van der Waals surface area contributed by atoms with Crippen LogP contribution < -0.4 is 14.8 Å². The highest BCUT2D eigenvalue weighted by molar-refractivity contribution is 5.88. The summed E-state index contributed by atoms with van der Waals surface area (Å²) in [6, 6.07) is 5.55. The summed E-state index contributed by atoms with van der Waals surface area (Å²) in [5, 5.41) is 2.83. The van der Waals surface area contributed by atoms with Crippen LogP contribution in [0.5, 0.6) is 11.5 Å². The van der Waals surface area contributed by atoms with Gasteiger partial charge in [0.25, 0.3) is 0 Å². The number of carbonyl (C=O) groups is 2. The van der Waals surface area contributed by atoms with Crippen molar-refractivity contribution < 1.29 is 19.1 Å². The molecule has 1 aromatic carbocycles. The molecule has 23 heavy (non-hydrogen) atoms. The van der Waals surface area contributed by atoms with Crippen molar-refractivity contribution in [2.75, 3.05) is 33.9 Å². The Bertz CT molecular complexity index is 596. The van der Waals surface area contributed by atoms with Crippen LogP contribution in [0.1, 0.15) is 25.8 Å². The number of hydrogen-bond acceptors (Lipinski definition) is 4. The molecule has 0 fully saturated rings. The zero-order valence-corrected chi connectivity index (χ0v) is 14.1.